The first kappa shape index (κ1) is 12.3. The Morgan fingerprint density at radius 3 is 2.59 bits per heavy atom. The molecule has 0 aliphatic carbocycles. The fourth-order valence-corrected chi connectivity index (χ4v) is 2.47. The van der Waals surface area contributed by atoms with Crippen LogP contribution in [0.4, 0.5) is 0 Å². The summed E-state index contributed by atoms with van der Waals surface area (Å²) in [6.45, 7) is 2.06. The molecule has 2 rings (SSSR count). The molecule has 2 heteroatoms. The minimum Gasteiger partial charge on any atom is -0.388 e. The van der Waals surface area contributed by atoms with Gasteiger partial charge in [0, 0.05) is 10.9 Å². The molecule has 0 amide bonds. The molecule has 0 aliphatic heterocycles. The Balaban J connectivity index is 2.17. The Hall–Kier alpha value is -1.12. The zero-order valence-electron chi connectivity index (χ0n) is 9.73. The van der Waals surface area contributed by atoms with Crippen LogP contribution in [-0.2, 0) is 6.42 Å². The molecular weight excluding hydrogens is 276 g/mol. The van der Waals surface area contributed by atoms with Gasteiger partial charge >= 0.3 is 0 Å². The number of aliphatic hydroxyl groups is 1. The predicted molar refractivity (Wildman–Crippen MR) is 74.0 cm³/mol. The lowest BCUT2D eigenvalue weighted by molar-refractivity contribution is 0.177. The molecule has 0 fully saturated rings. The summed E-state index contributed by atoms with van der Waals surface area (Å²) in [5.41, 5.74) is 3.32. The standard InChI is InChI=1S/C15H15BrO/c1-11-5-4-6-12(9-11)10-15(17)13-7-2-3-8-14(13)16/h2-9,15,17H,10H2,1H3. The summed E-state index contributed by atoms with van der Waals surface area (Å²) in [6, 6.07) is 16.0. The second-order valence-corrected chi connectivity index (χ2v) is 5.08. The molecule has 0 spiro atoms. The molecule has 0 heterocycles. The average molecular weight is 291 g/mol. The fourth-order valence-electron chi connectivity index (χ4n) is 1.92. The van der Waals surface area contributed by atoms with E-state index in [0.29, 0.717) is 6.42 Å². The molecule has 0 bridgehead atoms. The van der Waals surface area contributed by atoms with E-state index in [1.165, 1.54) is 5.56 Å². The quantitative estimate of drug-likeness (QED) is 0.905. The molecule has 1 unspecified atom stereocenters. The van der Waals surface area contributed by atoms with Crippen molar-refractivity contribution in [2.24, 2.45) is 0 Å². The molecule has 0 radical (unpaired) electrons. The Morgan fingerprint density at radius 1 is 1.12 bits per heavy atom. The predicted octanol–water partition coefficient (Wildman–Crippen LogP) is 4.03. The molecular formula is C15H15BrO. The molecule has 0 aliphatic rings. The van der Waals surface area contributed by atoms with Crippen molar-refractivity contribution >= 4 is 15.9 Å². The van der Waals surface area contributed by atoms with Gasteiger partial charge in [0.2, 0.25) is 0 Å². The number of halogens is 1. The van der Waals surface area contributed by atoms with Crippen LogP contribution in [0.5, 0.6) is 0 Å². The van der Waals surface area contributed by atoms with Gasteiger partial charge in [0.05, 0.1) is 6.10 Å². The maximum absolute atomic E-state index is 10.2. The molecule has 0 saturated heterocycles. The molecule has 17 heavy (non-hydrogen) atoms. The minimum atomic E-state index is -0.465. The van der Waals surface area contributed by atoms with Gasteiger partial charge in [0.15, 0.2) is 0 Å². The summed E-state index contributed by atoms with van der Waals surface area (Å²) in [6.07, 6.45) is 0.178. The minimum absolute atomic E-state index is 0.465. The summed E-state index contributed by atoms with van der Waals surface area (Å²) in [5, 5.41) is 10.2. The highest BCUT2D eigenvalue weighted by Gasteiger charge is 2.11. The van der Waals surface area contributed by atoms with Crippen molar-refractivity contribution in [1.82, 2.24) is 0 Å². The van der Waals surface area contributed by atoms with E-state index in [0.717, 1.165) is 15.6 Å². The zero-order chi connectivity index (χ0) is 12.3. The first-order valence-electron chi connectivity index (χ1n) is 5.65. The van der Waals surface area contributed by atoms with Gasteiger partial charge in [-0.1, -0.05) is 64.0 Å². The molecule has 1 atom stereocenters. The van der Waals surface area contributed by atoms with E-state index in [2.05, 4.69) is 35.0 Å². The summed E-state index contributed by atoms with van der Waals surface area (Å²) in [5.74, 6) is 0. The van der Waals surface area contributed by atoms with Crippen molar-refractivity contribution in [3.8, 4) is 0 Å². The monoisotopic (exact) mass is 290 g/mol. The lowest BCUT2D eigenvalue weighted by atomic mass is 10.0. The van der Waals surface area contributed by atoms with Gasteiger partial charge in [-0.15, -0.1) is 0 Å². The van der Waals surface area contributed by atoms with Crippen LogP contribution in [0, 0.1) is 6.92 Å². The van der Waals surface area contributed by atoms with E-state index in [1.54, 1.807) is 0 Å². The summed E-state index contributed by atoms with van der Waals surface area (Å²) in [4.78, 5) is 0. The Labute approximate surface area is 110 Å². The smallest absolute Gasteiger partial charge is 0.0841 e. The van der Waals surface area contributed by atoms with Crippen molar-refractivity contribution in [3.63, 3.8) is 0 Å². The fraction of sp³-hybridized carbons (Fsp3) is 0.200. The summed E-state index contributed by atoms with van der Waals surface area (Å²) in [7, 11) is 0. The molecule has 88 valence electrons. The van der Waals surface area contributed by atoms with Gasteiger partial charge in [-0.25, -0.2) is 0 Å². The number of hydrogen-bond donors (Lipinski definition) is 1. The summed E-state index contributed by atoms with van der Waals surface area (Å²) >= 11 is 3.46. The lowest BCUT2D eigenvalue weighted by Crippen LogP contribution is -2.02. The van der Waals surface area contributed by atoms with Crippen LogP contribution >= 0.6 is 15.9 Å². The normalized spacial score (nSPS) is 12.4. The second kappa shape index (κ2) is 5.48. The van der Waals surface area contributed by atoms with Crippen LogP contribution in [0.1, 0.15) is 22.8 Å². The van der Waals surface area contributed by atoms with E-state index in [4.69, 9.17) is 0 Å². The highest BCUT2D eigenvalue weighted by atomic mass is 79.9. The Bertz CT molecular complexity index is 508. The molecule has 2 aromatic carbocycles. The van der Waals surface area contributed by atoms with Gasteiger partial charge in [-0.2, -0.15) is 0 Å². The van der Waals surface area contributed by atoms with Gasteiger partial charge in [0.1, 0.15) is 0 Å². The third-order valence-electron chi connectivity index (χ3n) is 2.78. The summed E-state index contributed by atoms with van der Waals surface area (Å²) < 4.78 is 0.958. The first-order valence-corrected chi connectivity index (χ1v) is 6.44. The SMILES string of the molecule is Cc1cccc(CC(O)c2ccccc2Br)c1. The van der Waals surface area contributed by atoms with E-state index >= 15 is 0 Å². The van der Waals surface area contributed by atoms with E-state index < -0.39 is 6.10 Å². The molecule has 0 aromatic heterocycles. The van der Waals surface area contributed by atoms with Crippen LogP contribution in [0.15, 0.2) is 53.0 Å². The topological polar surface area (TPSA) is 20.2 Å². The van der Waals surface area contributed by atoms with Crippen LogP contribution in [0.25, 0.3) is 0 Å². The number of aliphatic hydroxyl groups excluding tert-OH is 1. The van der Waals surface area contributed by atoms with E-state index in [1.807, 2.05) is 36.4 Å². The number of rotatable bonds is 3. The Morgan fingerprint density at radius 2 is 1.88 bits per heavy atom. The Kier molecular flexibility index (Phi) is 3.97. The third kappa shape index (κ3) is 3.18. The lowest BCUT2D eigenvalue weighted by Gasteiger charge is -2.13. The molecule has 1 nitrogen and oxygen atoms in total. The zero-order valence-corrected chi connectivity index (χ0v) is 11.3. The molecule has 2 aromatic rings. The van der Waals surface area contributed by atoms with Crippen LogP contribution in [-0.4, -0.2) is 5.11 Å². The molecule has 1 N–H and O–H groups in total. The van der Waals surface area contributed by atoms with E-state index in [-0.39, 0.29) is 0 Å². The highest BCUT2D eigenvalue weighted by Crippen LogP contribution is 2.25. The van der Waals surface area contributed by atoms with Crippen molar-refractivity contribution in [2.45, 2.75) is 19.4 Å². The number of benzene rings is 2. The van der Waals surface area contributed by atoms with Crippen molar-refractivity contribution < 1.29 is 5.11 Å². The highest BCUT2D eigenvalue weighted by molar-refractivity contribution is 9.10. The first-order chi connectivity index (χ1) is 8.16. The number of aryl methyl sites for hydroxylation is 1. The van der Waals surface area contributed by atoms with Crippen LogP contribution < -0.4 is 0 Å². The average Bonchev–Trinajstić information content (AvgIpc) is 2.29. The van der Waals surface area contributed by atoms with Crippen molar-refractivity contribution in [1.29, 1.82) is 0 Å². The van der Waals surface area contributed by atoms with Crippen LogP contribution in [0.2, 0.25) is 0 Å². The van der Waals surface area contributed by atoms with Gasteiger partial charge in [0.25, 0.3) is 0 Å². The second-order valence-electron chi connectivity index (χ2n) is 4.23. The maximum atomic E-state index is 10.2. The van der Waals surface area contributed by atoms with Gasteiger partial charge in [-0.3, -0.25) is 0 Å². The van der Waals surface area contributed by atoms with Crippen molar-refractivity contribution in [2.75, 3.05) is 0 Å². The van der Waals surface area contributed by atoms with Crippen LogP contribution in [0.3, 0.4) is 0 Å². The number of hydrogen-bond acceptors (Lipinski definition) is 1. The van der Waals surface area contributed by atoms with Gasteiger partial charge in [-0.05, 0) is 24.1 Å². The van der Waals surface area contributed by atoms with E-state index in [9.17, 15) is 5.11 Å². The molecule has 0 saturated carbocycles. The third-order valence-corrected chi connectivity index (χ3v) is 3.50. The largest absolute Gasteiger partial charge is 0.388 e. The maximum Gasteiger partial charge on any atom is 0.0841 e. The van der Waals surface area contributed by atoms with Crippen molar-refractivity contribution in [3.05, 3.63) is 69.7 Å². The van der Waals surface area contributed by atoms with Gasteiger partial charge < -0.3 is 5.11 Å².